The van der Waals surface area contributed by atoms with Gasteiger partial charge in [-0.1, -0.05) is 30.5 Å². The zero-order chi connectivity index (χ0) is 19.5. The molecule has 2 amide bonds. The number of rotatable bonds is 5. The highest BCUT2D eigenvalue weighted by molar-refractivity contribution is 6.05. The van der Waals surface area contributed by atoms with Gasteiger partial charge in [0.1, 0.15) is 6.54 Å². The Morgan fingerprint density at radius 3 is 3.00 bits per heavy atom. The molecule has 8 nitrogen and oxygen atoms in total. The van der Waals surface area contributed by atoms with E-state index in [4.69, 9.17) is 4.84 Å². The molecule has 8 heteroatoms. The monoisotopic (exact) mass is 383 g/mol. The molecular weight excluding hydrogens is 358 g/mol. The lowest BCUT2D eigenvalue weighted by Crippen LogP contribution is -2.40. The molecule has 1 saturated heterocycles. The Morgan fingerprint density at radius 2 is 2.18 bits per heavy atom. The number of carbonyl (C=O) groups is 2. The zero-order valence-electron chi connectivity index (χ0n) is 16.1. The molecule has 28 heavy (non-hydrogen) atoms. The molecular formula is C20H25N5O3. The molecule has 0 atom stereocenters. The van der Waals surface area contributed by atoms with Gasteiger partial charge < -0.3 is 14.6 Å². The fraction of sp³-hybridized carbons (Fsp3) is 0.500. The second kappa shape index (κ2) is 8.00. The molecule has 3 aliphatic rings. The molecule has 0 aromatic heterocycles. The average Bonchev–Trinajstić information content (AvgIpc) is 3.08. The molecule has 1 N–H and O–H groups in total. The molecule has 0 bridgehead atoms. The van der Waals surface area contributed by atoms with Crippen LogP contribution < -0.4 is 5.32 Å². The molecule has 1 aliphatic carbocycles. The van der Waals surface area contributed by atoms with Crippen LogP contribution in [0.3, 0.4) is 0 Å². The Bertz CT molecular complexity index is 829. The lowest BCUT2D eigenvalue weighted by molar-refractivity contribution is -0.137. The average molecular weight is 383 g/mol. The number of guanidine groups is 1. The van der Waals surface area contributed by atoms with Gasteiger partial charge in [0.15, 0.2) is 6.61 Å². The van der Waals surface area contributed by atoms with Crippen LogP contribution in [0.2, 0.25) is 0 Å². The van der Waals surface area contributed by atoms with Crippen LogP contribution in [0.25, 0.3) is 0 Å². The van der Waals surface area contributed by atoms with Gasteiger partial charge in [-0.05, 0) is 36.1 Å². The van der Waals surface area contributed by atoms with Crippen LogP contribution in [0.5, 0.6) is 0 Å². The quantitative estimate of drug-likeness (QED) is 0.620. The van der Waals surface area contributed by atoms with E-state index in [2.05, 4.69) is 15.5 Å². The van der Waals surface area contributed by atoms with Gasteiger partial charge in [0.2, 0.25) is 11.9 Å². The summed E-state index contributed by atoms with van der Waals surface area (Å²) < 4.78 is 0. The smallest absolute Gasteiger partial charge is 0.263 e. The highest BCUT2D eigenvalue weighted by atomic mass is 16.6. The summed E-state index contributed by atoms with van der Waals surface area (Å²) in [7, 11) is 1.85. The number of oxime groups is 1. The Balaban J connectivity index is 1.31. The topological polar surface area (TPSA) is 86.6 Å². The molecule has 2 aliphatic heterocycles. The van der Waals surface area contributed by atoms with Crippen molar-refractivity contribution in [2.75, 3.05) is 20.2 Å². The van der Waals surface area contributed by atoms with Crippen molar-refractivity contribution in [1.82, 2.24) is 15.1 Å². The third kappa shape index (κ3) is 4.00. The van der Waals surface area contributed by atoms with E-state index in [0.29, 0.717) is 25.1 Å². The van der Waals surface area contributed by atoms with Crippen molar-refractivity contribution in [3.05, 3.63) is 29.3 Å². The van der Waals surface area contributed by atoms with Crippen molar-refractivity contribution >= 4 is 29.7 Å². The summed E-state index contributed by atoms with van der Waals surface area (Å²) in [6, 6.07) is 6.08. The number of aliphatic imine (C=N–C) groups is 1. The molecule has 0 unspecified atom stereocenters. The minimum absolute atomic E-state index is 0.0374. The SMILES string of the molecule is CN(C(=O)CON=Cc1ccc2c(c1)CN1CC(=O)NC1=N2)C1CCCCC1. The van der Waals surface area contributed by atoms with Crippen LogP contribution >= 0.6 is 0 Å². The summed E-state index contributed by atoms with van der Waals surface area (Å²) >= 11 is 0. The van der Waals surface area contributed by atoms with Crippen LogP contribution in [0, 0.1) is 0 Å². The van der Waals surface area contributed by atoms with Gasteiger partial charge in [-0.15, -0.1) is 0 Å². The predicted molar refractivity (Wildman–Crippen MR) is 105 cm³/mol. The van der Waals surface area contributed by atoms with Gasteiger partial charge in [0.05, 0.1) is 11.9 Å². The van der Waals surface area contributed by atoms with Crippen molar-refractivity contribution in [2.24, 2.45) is 10.1 Å². The standard InChI is InChI=1S/C20H25N5O3/c1-24(16-5-3-2-4-6-16)19(27)13-28-21-10-14-7-8-17-15(9-14)11-25-12-18(26)23-20(25)22-17/h7-10,16H,2-6,11-13H2,1H3,(H,22,23,26). The van der Waals surface area contributed by atoms with E-state index >= 15 is 0 Å². The highest BCUT2D eigenvalue weighted by Crippen LogP contribution is 2.27. The highest BCUT2D eigenvalue weighted by Gasteiger charge is 2.29. The summed E-state index contributed by atoms with van der Waals surface area (Å²) in [6.45, 7) is 0.903. The third-order valence-corrected chi connectivity index (χ3v) is 5.56. The van der Waals surface area contributed by atoms with Gasteiger partial charge in [-0.2, -0.15) is 0 Å². The van der Waals surface area contributed by atoms with Crippen LogP contribution in [0.1, 0.15) is 43.2 Å². The second-order valence-electron chi connectivity index (χ2n) is 7.53. The van der Waals surface area contributed by atoms with Crippen molar-refractivity contribution < 1.29 is 14.4 Å². The number of hydrogen-bond acceptors (Lipinski definition) is 6. The van der Waals surface area contributed by atoms with E-state index in [0.717, 1.165) is 29.7 Å². The largest absolute Gasteiger partial charge is 0.386 e. The first-order valence-electron chi connectivity index (χ1n) is 9.77. The number of carbonyl (C=O) groups excluding carboxylic acids is 2. The minimum Gasteiger partial charge on any atom is -0.386 e. The molecule has 0 radical (unpaired) electrons. The molecule has 148 valence electrons. The number of benzene rings is 1. The Kier molecular flexibility index (Phi) is 5.27. The third-order valence-electron chi connectivity index (χ3n) is 5.56. The summed E-state index contributed by atoms with van der Waals surface area (Å²) in [5, 5.41) is 6.70. The van der Waals surface area contributed by atoms with Gasteiger partial charge in [-0.3, -0.25) is 14.9 Å². The van der Waals surface area contributed by atoms with E-state index in [9.17, 15) is 9.59 Å². The zero-order valence-corrected chi connectivity index (χ0v) is 16.1. The molecule has 1 aromatic rings. The Labute approximate surface area is 164 Å². The molecule has 2 fully saturated rings. The summed E-state index contributed by atoms with van der Waals surface area (Å²) in [6.07, 6.45) is 7.38. The van der Waals surface area contributed by atoms with Crippen molar-refractivity contribution in [1.29, 1.82) is 0 Å². The van der Waals surface area contributed by atoms with Crippen LogP contribution in [0.4, 0.5) is 5.69 Å². The molecule has 0 spiro atoms. The minimum atomic E-state index is -0.0519. The van der Waals surface area contributed by atoms with Crippen molar-refractivity contribution in [3.63, 3.8) is 0 Å². The van der Waals surface area contributed by atoms with Gasteiger partial charge in [0, 0.05) is 19.6 Å². The first-order valence-corrected chi connectivity index (χ1v) is 9.77. The number of nitrogens with zero attached hydrogens (tertiary/aromatic N) is 4. The van der Waals surface area contributed by atoms with E-state index < -0.39 is 0 Å². The van der Waals surface area contributed by atoms with E-state index in [1.54, 1.807) is 11.1 Å². The maximum Gasteiger partial charge on any atom is 0.263 e. The summed E-state index contributed by atoms with van der Waals surface area (Å²) in [5.74, 6) is 0.537. The number of nitrogens with one attached hydrogen (secondary N) is 1. The van der Waals surface area contributed by atoms with Gasteiger partial charge in [-0.25, -0.2) is 4.99 Å². The maximum atomic E-state index is 12.3. The molecule has 1 aromatic carbocycles. The van der Waals surface area contributed by atoms with Crippen LogP contribution in [-0.4, -0.2) is 60.0 Å². The second-order valence-corrected chi connectivity index (χ2v) is 7.53. The fourth-order valence-electron chi connectivity index (χ4n) is 3.93. The normalized spacial score (nSPS) is 19.1. The first kappa shape index (κ1) is 18.5. The number of likely N-dealkylation sites (N-methyl/N-ethyl adjacent to an activating group) is 1. The van der Waals surface area contributed by atoms with E-state index in [1.165, 1.54) is 19.3 Å². The number of fused-ring (bicyclic) bond motifs is 2. The lowest BCUT2D eigenvalue weighted by Gasteiger charge is -2.30. The maximum absolute atomic E-state index is 12.3. The summed E-state index contributed by atoms with van der Waals surface area (Å²) in [4.78, 5) is 37.2. The number of amides is 2. The predicted octanol–water partition coefficient (Wildman–Crippen LogP) is 1.76. The lowest BCUT2D eigenvalue weighted by atomic mass is 9.94. The first-order chi connectivity index (χ1) is 13.6. The molecule has 2 heterocycles. The van der Waals surface area contributed by atoms with Crippen molar-refractivity contribution in [2.45, 2.75) is 44.7 Å². The van der Waals surface area contributed by atoms with E-state index in [-0.39, 0.29) is 18.4 Å². The van der Waals surface area contributed by atoms with Gasteiger partial charge >= 0.3 is 0 Å². The molecule has 1 saturated carbocycles. The van der Waals surface area contributed by atoms with E-state index in [1.807, 2.05) is 30.1 Å². The van der Waals surface area contributed by atoms with Crippen LogP contribution in [0.15, 0.2) is 28.3 Å². The van der Waals surface area contributed by atoms with Crippen molar-refractivity contribution in [3.8, 4) is 0 Å². The Hall–Kier alpha value is -2.90. The fourth-order valence-corrected chi connectivity index (χ4v) is 3.93. The van der Waals surface area contributed by atoms with Crippen LogP contribution in [-0.2, 0) is 21.0 Å². The molecule has 4 rings (SSSR count). The van der Waals surface area contributed by atoms with Gasteiger partial charge in [0.25, 0.3) is 5.91 Å². The summed E-state index contributed by atoms with van der Waals surface area (Å²) in [5.41, 5.74) is 2.73. The Morgan fingerprint density at radius 1 is 1.36 bits per heavy atom. The number of hydrogen-bond donors (Lipinski definition) is 1.